The second-order valence-electron chi connectivity index (χ2n) is 7.72. The fraction of sp³-hybridized carbons (Fsp3) is 0.632. The Morgan fingerprint density at radius 1 is 1.27 bits per heavy atom. The number of hydrogen-bond acceptors (Lipinski definition) is 3. The molecule has 0 radical (unpaired) electrons. The van der Waals surface area contributed by atoms with Crippen LogP contribution in [0.3, 0.4) is 0 Å². The zero-order chi connectivity index (χ0) is 18.4. The highest BCUT2D eigenvalue weighted by Crippen LogP contribution is 2.41. The maximum Gasteiger partial charge on any atom is 0.264 e. The molecule has 2 aromatic rings. The van der Waals surface area contributed by atoms with Gasteiger partial charge in [0.15, 0.2) is 5.65 Å². The summed E-state index contributed by atoms with van der Waals surface area (Å²) in [6.45, 7) is 5.46. The van der Waals surface area contributed by atoms with Crippen LogP contribution in [0.2, 0.25) is 0 Å². The number of piperidine rings is 1. The molecule has 4 rings (SSSR count). The summed E-state index contributed by atoms with van der Waals surface area (Å²) in [4.78, 5) is 19.1. The molecule has 26 heavy (non-hydrogen) atoms. The average Bonchev–Trinajstić information content (AvgIpc) is 3.41. The van der Waals surface area contributed by atoms with Crippen molar-refractivity contribution in [3.05, 3.63) is 23.0 Å². The van der Waals surface area contributed by atoms with Gasteiger partial charge in [-0.1, -0.05) is 6.92 Å². The van der Waals surface area contributed by atoms with Crippen molar-refractivity contribution in [1.29, 1.82) is 0 Å². The molecular formula is C19H24F2N4O. The van der Waals surface area contributed by atoms with Gasteiger partial charge in [-0.2, -0.15) is 5.10 Å². The maximum absolute atomic E-state index is 13.6. The van der Waals surface area contributed by atoms with E-state index in [1.165, 1.54) is 10.7 Å². The summed E-state index contributed by atoms with van der Waals surface area (Å²) >= 11 is 0. The largest absolute Gasteiger partial charge is 0.341 e. The van der Waals surface area contributed by atoms with Gasteiger partial charge in [0, 0.05) is 30.3 Å². The molecule has 0 aromatic carbocycles. The Morgan fingerprint density at radius 2 is 1.96 bits per heavy atom. The lowest BCUT2D eigenvalue weighted by Crippen LogP contribution is -2.39. The Bertz CT molecular complexity index is 836. The van der Waals surface area contributed by atoms with Crippen molar-refractivity contribution in [1.82, 2.24) is 19.7 Å². The molecule has 0 spiro atoms. The fourth-order valence-electron chi connectivity index (χ4n) is 3.76. The van der Waals surface area contributed by atoms with Gasteiger partial charge in [-0.3, -0.25) is 4.79 Å². The molecule has 1 saturated heterocycles. The molecule has 5 nitrogen and oxygen atoms in total. The van der Waals surface area contributed by atoms with Crippen molar-refractivity contribution < 1.29 is 13.6 Å². The van der Waals surface area contributed by atoms with Crippen LogP contribution in [0.1, 0.15) is 61.9 Å². The molecule has 1 saturated carbocycles. The smallest absolute Gasteiger partial charge is 0.264 e. The van der Waals surface area contributed by atoms with Crippen molar-refractivity contribution in [3.63, 3.8) is 0 Å². The van der Waals surface area contributed by atoms with E-state index in [1.807, 2.05) is 4.90 Å². The minimum absolute atomic E-state index is 0.0140. The van der Waals surface area contributed by atoms with Gasteiger partial charge in [-0.25, -0.2) is 18.4 Å². The molecule has 1 amide bonds. The van der Waals surface area contributed by atoms with Crippen LogP contribution in [-0.2, 0) is 11.3 Å². The molecule has 3 heterocycles. The van der Waals surface area contributed by atoms with Crippen LogP contribution in [0, 0.1) is 12.8 Å². The number of rotatable bonds is 4. The molecule has 1 aliphatic carbocycles. The summed E-state index contributed by atoms with van der Waals surface area (Å²) < 4.78 is 28.7. The number of carbonyl (C=O) groups excluding carboxylic acids is 1. The van der Waals surface area contributed by atoms with Gasteiger partial charge in [0.2, 0.25) is 5.91 Å². The Hall–Kier alpha value is -2.05. The monoisotopic (exact) mass is 362 g/mol. The molecule has 0 bridgehead atoms. The van der Waals surface area contributed by atoms with Crippen molar-refractivity contribution in [2.75, 3.05) is 13.1 Å². The standard InChI is InChI=1S/C19H24F2N4O/c1-11-5-7-24(8-6-11)16(26)10-25-19-17(12(2)23-25)14(18(20)21)9-15(22-19)13-3-4-13/h9,11,13,18H,3-8,10H2,1-2H3. The molecular weight excluding hydrogens is 338 g/mol. The number of aromatic nitrogens is 3. The zero-order valence-electron chi connectivity index (χ0n) is 15.2. The minimum Gasteiger partial charge on any atom is -0.341 e. The predicted molar refractivity (Wildman–Crippen MR) is 94.2 cm³/mol. The van der Waals surface area contributed by atoms with E-state index in [9.17, 15) is 13.6 Å². The van der Waals surface area contributed by atoms with Crippen LogP contribution in [0.5, 0.6) is 0 Å². The number of alkyl halides is 2. The summed E-state index contributed by atoms with van der Waals surface area (Å²) in [7, 11) is 0. The molecule has 2 aliphatic rings. The highest BCUT2D eigenvalue weighted by Gasteiger charge is 2.29. The third-order valence-electron chi connectivity index (χ3n) is 5.58. The van der Waals surface area contributed by atoms with E-state index in [2.05, 4.69) is 17.0 Å². The Morgan fingerprint density at radius 3 is 2.58 bits per heavy atom. The Kier molecular flexibility index (Phi) is 4.40. The lowest BCUT2D eigenvalue weighted by Gasteiger charge is -2.30. The minimum atomic E-state index is -2.58. The van der Waals surface area contributed by atoms with E-state index in [0.717, 1.165) is 38.8 Å². The first-order valence-corrected chi connectivity index (χ1v) is 9.38. The fourth-order valence-corrected chi connectivity index (χ4v) is 3.76. The second-order valence-corrected chi connectivity index (χ2v) is 7.72. The third-order valence-corrected chi connectivity index (χ3v) is 5.58. The Labute approximate surface area is 151 Å². The number of aryl methyl sites for hydroxylation is 1. The van der Waals surface area contributed by atoms with Gasteiger partial charge in [0.25, 0.3) is 6.43 Å². The third kappa shape index (κ3) is 3.19. The number of pyridine rings is 1. The molecule has 1 aliphatic heterocycles. The molecule has 0 N–H and O–H groups in total. The van der Waals surface area contributed by atoms with Crippen LogP contribution in [0.15, 0.2) is 6.07 Å². The van der Waals surface area contributed by atoms with E-state index >= 15 is 0 Å². The maximum atomic E-state index is 13.6. The van der Waals surface area contributed by atoms with E-state index in [0.29, 0.717) is 28.3 Å². The number of nitrogens with zero attached hydrogens (tertiary/aromatic N) is 4. The van der Waals surface area contributed by atoms with E-state index in [4.69, 9.17) is 0 Å². The number of amides is 1. The zero-order valence-corrected chi connectivity index (χ0v) is 15.2. The van der Waals surface area contributed by atoms with Gasteiger partial charge in [0.1, 0.15) is 6.54 Å². The molecule has 2 fully saturated rings. The van der Waals surface area contributed by atoms with Gasteiger partial charge >= 0.3 is 0 Å². The SMILES string of the molecule is Cc1nn(CC(=O)N2CCC(C)CC2)c2nc(C3CC3)cc(C(F)F)c12. The first kappa shape index (κ1) is 17.4. The first-order valence-electron chi connectivity index (χ1n) is 9.38. The highest BCUT2D eigenvalue weighted by molar-refractivity contribution is 5.85. The number of carbonyl (C=O) groups is 1. The van der Waals surface area contributed by atoms with Crippen LogP contribution in [0.4, 0.5) is 8.78 Å². The Balaban J connectivity index is 1.67. The van der Waals surface area contributed by atoms with E-state index in [-0.39, 0.29) is 23.9 Å². The van der Waals surface area contributed by atoms with Crippen LogP contribution in [-0.4, -0.2) is 38.7 Å². The number of halogens is 2. The summed E-state index contributed by atoms with van der Waals surface area (Å²) in [6.07, 6.45) is 1.40. The normalized spacial score (nSPS) is 18.9. The summed E-state index contributed by atoms with van der Waals surface area (Å²) in [5.74, 6) is 0.890. The van der Waals surface area contributed by atoms with Crippen LogP contribution < -0.4 is 0 Å². The molecule has 7 heteroatoms. The van der Waals surface area contributed by atoms with E-state index < -0.39 is 6.43 Å². The van der Waals surface area contributed by atoms with Crippen molar-refractivity contribution >= 4 is 16.9 Å². The lowest BCUT2D eigenvalue weighted by atomic mass is 9.99. The van der Waals surface area contributed by atoms with Crippen LogP contribution in [0.25, 0.3) is 11.0 Å². The predicted octanol–water partition coefficient (Wildman–Crippen LogP) is 3.81. The van der Waals surface area contributed by atoms with E-state index in [1.54, 1.807) is 6.92 Å². The van der Waals surface area contributed by atoms with Gasteiger partial charge < -0.3 is 4.90 Å². The highest BCUT2D eigenvalue weighted by atomic mass is 19.3. The van der Waals surface area contributed by atoms with Crippen molar-refractivity contribution in [3.8, 4) is 0 Å². The second kappa shape index (κ2) is 6.59. The number of hydrogen-bond donors (Lipinski definition) is 0. The van der Waals surface area contributed by atoms with Gasteiger partial charge in [0.05, 0.1) is 11.1 Å². The molecule has 2 aromatic heterocycles. The van der Waals surface area contributed by atoms with Gasteiger partial charge in [-0.15, -0.1) is 0 Å². The molecule has 0 atom stereocenters. The summed E-state index contributed by atoms with van der Waals surface area (Å²) in [5, 5.41) is 4.77. The molecule has 0 unspecified atom stereocenters. The quantitative estimate of drug-likeness (QED) is 0.831. The number of likely N-dealkylation sites (tertiary alicyclic amines) is 1. The lowest BCUT2D eigenvalue weighted by molar-refractivity contribution is -0.133. The van der Waals surface area contributed by atoms with Crippen LogP contribution >= 0.6 is 0 Å². The summed E-state index contributed by atoms with van der Waals surface area (Å²) in [6, 6.07) is 1.53. The van der Waals surface area contributed by atoms with Crippen molar-refractivity contribution in [2.24, 2.45) is 5.92 Å². The number of fused-ring (bicyclic) bond motifs is 1. The van der Waals surface area contributed by atoms with Crippen molar-refractivity contribution in [2.45, 2.75) is 58.4 Å². The topological polar surface area (TPSA) is 51.0 Å². The average molecular weight is 362 g/mol. The summed E-state index contributed by atoms with van der Waals surface area (Å²) in [5.41, 5.74) is 1.61. The van der Waals surface area contributed by atoms with Gasteiger partial charge in [-0.05, 0) is 44.6 Å². The first-order chi connectivity index (χ1) is 12.4. The molecule has 140 valence electrons.